The molecule has 2 aromatic rings. The zero-order valence-electron chi connectivity index (χ0n) is 13.3. The van der Waals surface area contributed by atoms with Crippen LogP contribution in [0.5, 0.6) is 0 Å². The van der Waals surface area contributed by atoms with E-state index in [0.29, 0.717) is 11.3 Å². The van der Waals surface area contributed by atoms with E-state index in [1.807, 2.05) is 26.0 Å². The summed E-state index contributed by atoms with van der Waals surface area (Å²) < 4.78 is 13.8. The van der Waals surface area contributed by atoms with Crippen molar-refractivity contribution in [3.63, 3.8) is 0 Å². The molecule has 2 N–H and O–H groups in total. The Morgan fingerprint density at radius 3 is 2.12 bits per heavy atom. The topological polar surface area (TPSA) is 58.2 Å². The fourth-order valence-electron chi connectivity index (χ4n) is 2.11. The van der Waals surface area contributed by atoms with Crippen LogP contribution in [-0.2, 0) is 4.79 Å². The lowest BCUT2D eigenvalue weighted by molar-refractivity contribution is -0.118. The first-order valence-electron chi connectivity index (χ1n) is 7.49. The molecule has 0 aromatic heterocycles. The van der Waals surface area contributed by atoms with Gasteiger partial charge in [0.2, 0.25) is 5.91 Å². The zero-order valence-corrected chi connectivity index (χ0v) is 14.9. The molecule has 2 rings (SSSR count). The van der Waals surface area contributed by atoms with Gasteiger partial charge >= 0.3 is 0 Å². The Bertz CT molecular complexity index is 715. The molecule has 0 aliphatic heterocycles. The van der Waals surface area contributed by atoms with Crippen LogP contribution in [0.25, 0.3) is 0 Å². The van der Waals surface area contributed by atoms with Crippen LogP contribution in [0.1, 0.15) is 24.2 Å². The van der Waals surface area contributed by atoms with Gasteiger partial charge in [0.15, 0.2) is 0 Å². The molecule has 0 aliphatic rings. The first-order chi connectivity index (χ1) is 11.4. The highest BCUT2D eigenvalue weighted by Crippen LogP contribution is 2.15. The number of nitrogens with one attached hydrogen (secondary N) is 2. The molecule has 1 atom stereocenters. The minimum Gasteiger partial charge on any atom is -0.340 e. The van der Waals surface area contributed by atoms with Gasteiger partial charge in [-0.2, -0.15) is 0 Å². The van der Waals surface area contributed by atoms with Crippen LogP contribution in [-0.4, -0.2) is 17.9 Å². The third-order valence-electron chi connectivity index (χ3n) is 3.45. The second-order valence-corrected chi connectivity index (χ2v) is 6.61. The van der Waals surface area contributed by atoms with Crippen molar-refractivity contribution in [2.24, 2.45) is 5.92 Å². The molecule has 126 valence electrons. The Hall–Kier alpha value is -2.21. The third-order valence-corrected chi connectivity index (χ3v) is 3.98. The SMILES string of the molecule is CC(C)[C@H](NC(=O)c1ccc(F)cc1)C(=O)Nc1ccc(Br)cc1. The molecular formula is C18H18BrFN2O2. The summed E-state index contributed by atoms with van der Waals surface area (Å²) in [4.78, 5) is 24.7. The fraction of sp³-hybridized carbons (Fsp3) is 0.222. The Balaban J connectivity index is 2.07. The van der Waals surface area contributed by atoms with Gasteiger partial charge in [0.25, 0.3) is 5.91 Å². The zero-order chi connectivity index (χ0) is 17.7. The number of amides is 2. The van der Waals surface area contributed by atoms with E-state index in [-0.39, 0.29) is 11.8 Å². The number of hydrogen-bond donors (Lipinski definition) is 2. The summed E-state index contributed by atoms with van der Waals surface area (Å²) in [5.41, 5.74) is 0.948. The number of halogens is 2. The van der Waals surface area contributed by atoms with E-state index in [4.69, 9.17) is 0 Å². The van der Waals surface area contributed by atoms with Crippen molar-refractivity contribution in [1.29, 1.82) is 0 Å². The van der Waals surface area contributed by atoms with E-state index in [0.717, 1.165) is 4.47 Å². The maximum absolute atomic E-state index is 12.9. The average Bonchev–Trinajstić information content (AvgIpc) is 2.54. The summed E-state index contributed by atoms with van der Waals surface area (Å²) in [5, 5.41) is 5.48. The van der Waals surface area contributed by atoms with Gasteiger partial charge < -0.3 is 10.6 Å². The van der Waals surface area contributed by atoms with Crippen molar-refractivity contribution in [3.8, 4) is 0 Å². The molecule has 0 aliphatic carbocycles. The van der Waals surface area contributed by atoms with Crippen molar-refractivity contribution >= 4 is 33.4 Å². The number of rotatable bonds is 5. The minimum atomic E-state index is -0.703. The quantitative estimate of drug-likeness (QED) is 0.808. The number of carbonyl (C=O) groups excluding carboxylic acids is 2. The molecular weight excluding hydrogens is 375 g/mol. The summed E-state index contributed by atoms with van der Waals surface area (Å²) in [6, 6.07) is 11.6. The van der Waals surface area contributed by atoms with E-state index in [9.17, 15) is 14.0 Å². The summed E-state index contributed by atoms with van der Waals surface area (Å²) in [7, 11) is 0. The lowest BCUT2D eigenvalue weighted by atomic mass is 10.0. The molecule has 0 saturated carbocycles. The van der Waals surface area contributed by atoms with E-state index in [1.54, 1.807) is 12.1 Å². The first-order valence-corrected chi connectivity index (χ1v) is 8.29. The van der Waals surface area contributed by atoms with Gasteiger partial charge in [-0.25, -0.2) is 4.39 Å². The van der Waals surface area contributed by atoms with Gasteiger partial charge in [-0.1, -0.05) is 29.8 Å². The average molecular weight is 393 g/mol. The van der Waals surface area contributed by atoms with Crippen LogP contribution in [0.3, 0.4) is 0 Å². The van der Waals surface area contributed by atoms with Crippen LogP contribution in [0.15, 0.2) is 53.0 Å². The maximum atomic E-state index is 12.9. The number of anilines is 1. The van der Waals surface area contributed by atoms with Crippen LogP contribution in [0.4, 0.5) is 10.1 Å². The van der Waals surface area contributed by atoms with E-state index >= 15 is 0 Å². The molecule has 0 unspecified atom stereocenters. The molecule has 2 aromatic carbocycles. The van der Waals surface area contributed by atoms with Gasteiger partial charge in [-0.05, 0) is 54.4 Å². The Labute approximate surface area is 148 Å². The molecule has 0 saturated heterocycles. The Morgan fingerprint density at radius 1 is 1.00 bits per heavy atom. The highest BCUT2D eigenvalue weighted by atomic mass is 79.9. The molecule has 0 bridgehead atoms. The monoisotopic (exact) mass is 392 g/mol. The van der Waals surface area contributed by atoms with Gasteiger partial charge in [0, 0.05) is 15.7 Å². The van der Waals surface area contributed by atoms with Crippen LogP contribution >= 0.6 is 15.9 Å². The summed E-state index contributed by atoms with van der Waals surface area (Å²) in [6.45, 7) is 3.69. The molecule has 24 heavy (non-hydrogen) atoms. The van der Waals surface area contributed by atoms with Crippen molar-refractivity contribution in [2.75, 3.05) is 5.32 Å². The molecule has 2 amide bonds. The van der Waals surface area contributed by atoms with Crippen molar-refractivity contribution in [3.05, 3.63) is 64.4 Å². The standard InChI is InChI=1S/C18H18BrFN2O2/c1-11(2)16(18(24)21-15-9-5-13(19)6-10-15)22-17(23)12-3-7-14(20)8-4-12/h3-11,16H,1-2H3,(H,21,24)(H,22,23)/t16-/m0/s1. The molecule has 0 radical (unpaired) electrons. The van der Waals surface area contributed by atoms with Gasteiger partial charge in [-0.3, -0.25) is 9.59 Å². The molecule has 0 heterocycles. The van der Waals surface area contributed by atoms with Gasteiger partial charge in [0.1, 0.15) is 11.9 Å². The summed E-state index contributed by atoms with van der Waals surface area (Å²) in [6.07, 6.45) is 0. The molecule has 0 spiro atoms. The largest absolute Gasteiger partial charge is 0.340 e. The predicted octanol–water partition coefficient (Wildman–Crippen LogP) is 3.98. The second kappa shape index (κ2) is 8.06. The smallest absolute Gasteiger partial charge is 0.251 e. The van der Waals surface area contributed by atoms with E-state index in [1.165, 1.54) is 24.3 Å². The number of benzene rings is 2. The van der Waals surface area contributed by atoms with Crippen molar-refractivity contribution in [2.45, 2.75) is 19.9 Å². The molecule has 4 nitrogen and oxygen atoms in total. The van der Waals surface area contributed by atoms with Gasteiger partial charge in [-0.15, -0.1) is 0 Å². The number of hydrogen-bond acceptors (Lipinski definition) is 2. The summed E-state index contributed by atoms with van der Waals surface area (Å²) in [5.74, 6) is -1.24. The third kappa shape index (κ3) is 4.89. The summed E-state index contributed by atoms with van der Waals surface area (Å²) >= 11 is 3.33. The van der Waals surface area contributed by atoms with Crippen LogP contribution < -0.4 is 10.6 Å². The lowest BCUT2D eigenvalue weighted by Gasteiger charge is -2.21. The normalized spacial score (nSPS) is 11.9. The molecule has 6 heteroatoms. The van der Waals surface area contributed by atoms with Crippen molar-refractivity contribution < 1.29 is 14.0 Å². The van der Waals surface area contributed by atoms with E-state index < -0.39 is 17.8 Å². The van der Waals surface area contributed by atoms with E-state index in [2.05, 4.69) is 26.6 Å². The van der Waals surface area contributed by atoms with Crippen molar-refractivity contribution in [1.82, 2.24) is 5.32 Å². The van der Waals surface area contributed by atoms with Gasteiger partial charge in [0.05, 0.1) is 0 Å². The predicted molar refractivity (Wildman–Crippen MR) is 95.3 cm³/mol. The Kier molecular flexibility index (Phi) is 6.09. The Morgan fingerprint density at radius 2 is 1.58 bits per heavy atom. The first kappa shape index (κ1) is 18.1. The number of carbonyl (C=O) groups is 2. The molecule has 0 fully saturated rings. The highest BCUT2D eigenvalue weighted by molar-refractivity contribution is 9.10. The maximum Gasteiger partial charge on any atom is 0.251 e. The van der Waals surface area contributed by atoms with Crippen LogP contribution in [0.2, 0.25) is 0 Å². The lowest BCUT2D eigenvalue weighted by Crippen LogP contribution is -2.47. The highest BCUT2D eigenvalue weighted by Gasteiger charge is 2.24. The fourth-order valence-corrected chi connectivity index (χ4v) is 2.38. The van der Waals surface area contributed by atoms with Crippen LogP contribution in [0, 0.1) is 11.7 Å². The minimum absolute atomic E-state index is 0.107. The second-order valence-electron chi connectivity index (χ2n) is 5.70.